The molecule has 0 N–H and O–H groups in total. The molecule has 3 heterocycles. The maximum atomic E-state index is 12.9. The van der Waals surface area contributed by atoms with Gasteiger partial charge < -0.3 is 4.42 Å². The minimum Gasteiger partial charge on any atom is -0.463 e. The molecule has 26 heavy (non-hydrogen) atoms. The normalized spacial score (nSPS) is 16.7. The zero-order valence-corrected chi connectivity index (χ0v) is 16.1. The van der Waals surface area contributed by atoms with Crippen LogP contribution in [0.3, 0.4) is 0 Å². The van der Waals surface area contributed by atoms with E-state index in [9.17, 15) is 4.79 Å². The average molecular weight is 403 g/mol. The lowest BCUT2D eigenvalue weighted by atomic mass is 10.1. The van der Waals surface area contributed by atoms with Crippen LogP contribution in [0, 0.1) is 0 Å². The molecule has 0 radical (unpaired) electrons. The summed E-state index contributed by atoms with van der Waals surface area (Å²) in [6, 6.07) is 15.2. The van der Waals surface area contributed by atoms with Gasteiger partial charge in [0.1, 0.15) is 11.5 Å². The number of carbonyl (C=O) groups is 1. The minimum absolute atomic E-state index is 0.0325. The van der Waals surface area contributed by atoms with E-state index in [4.69, 9.17) is 16.0 Å². The van der Waals surface area contributed by atoms with Gasteiger partial charge in [-0.1, -0.05) is 23.7 Å². The van der Waals surface area contributed by atoms with E-state index in [1.54, 1.807) is 22.6 Å². The Morgan fingerprint density at radius 3 is 2.96 bits per heavy atom. The zero-order chi connectivity index (χ0) is 17.9. The number of hydrogen-bond donors (Lipinski definition) is 0. The number of benzene rings is 1. The highest BCUT2D eigenvalue weighted by Crippen LogP contribution is 2.36. The topological polar surface area (TPSA) is 45.8 Å². The molecule has 1 amide bonds. The van der Waals surface area contributed by atoms with Crippen LogP contribution < -0.4 is 0 Å². The molecule has 0 spiro atoms. The number of furan rings is 1. The molecule has 0 saturated heterocycles. The van der Waals surface area contributed by atoms with Crippen molar-refractivity contribution in [2.24, 2.45) is 5.10 Å². The van der Waals surface area contributed by atoms with Crippen LogP contribution in [-0.2, 0) is 4.79 Å². The van der Waals surface area contributed by atoms with E-state index in [0.717, 1.165) is 15.5 Å². The molecule has 0 saturated carbocycles. The van der Waals surface area contributed by atoms with Crippen LogP contribution in [0.25, 0.3) is 0 Å². The van der Waals surface area contributed by atoms with E-state index in [1.165, 1.54) is 11.8 Å². The van der Waals surface area contributed by atoms with Crippen molar-refractivity contribution < 1.29 is 9.21 Å². The fourth-order valence-corrected chi connectivity index (χ4v) is 4.68. The summed E-state index contributed by atoms with van der Waals surface area (Å²) in [4.78, 5) is 15.0. The number of hydrazone groups is 1. The van der Waals surface area contributed by atoms with Gasteiger partial charge in [0.15, 0.2) is 0 Å². The molecule has 1 aromatic carbocycles. The van der Waals surface area contributed by atoms with E-state index in [1.807, 2.05) is 53.9 Å². The second-order valence-corrected chi connectivity index (χ2v) is 8.21. The molecule has 2 aromatic heterocycles. The summed E-state index contributed by atoms with van der Waals surface area (Å²) in [6.07, 6.45) is 2.28. The Labute approximate surface area is 164 Å². The summed E-state index contributed by atoms with van der Waals surface area (Å²) in [5, 5.41) is 8.85. The standard InChI is InChI=1S/C19H15ClN2O2S2/c20-13-4-1-5-14(10-13)26-12-19(23)22-16(18-7-3-9-25-18)11-15(21-22)17-6-2-8-24-17/h1-10,16H,11-12H2. The molecule has 1 unspecified atom stereocenters. The lowest BCUT2D eigenvalue weighted by Crippen LogP contribution is -2.28. The smallest absolute Gasteiger partial charge is 0.253 e. The molecule has 1 atom stereocenters. The molecule has 7 heteroatoms. The lowest BCUT2D eigenvalue weighted by Gasteiger charge is -2.20. The van der Waals surface area contributed by atoms with Crippen LogP contribution in [0.15, 0.2) is 74.6 Å². The Morgan fingerprint density at radius 1 is 1.31 bits per heavy atom. The number of halogens is 1. The van der Waals surface area contributed by atoms with Crippen molar-refractivity contribution in [2.75, 3.05) is 5.75 Å². The Hall–Kier alpha value is -2.02. The molecular formula is C19H15ClN2O2S2. The monoisotopic (exact) mass is 402 g/mol. The summed E-state index contributed by atoms with van der Waals surface area (Å²) in [5.74, 6) is 0.983. The predicted octanol–water partition coefficient (Wildman–Crippen LogP) is 5.46. The number of rotatable bonds is 5. The van der Waals surface area contributed by atoms with Gasteiger partial charge in [0.25, 0.3) is 5.91 Å². The fraction of sp³-hybridized carbons (Fsp3) is 0.158. The minimum atomic E-state index is -0.0810. The number of thiophene rings is 1. The number of hydrogen-bond acceptors (Lipinski definition) is 5. The van der Waals surface area contributed by atoms with Crippen molar-refractivity contribution in [3.05, 3.63) is 75.8 Å². The van der Waals surface area contributed by atoms with Gasteiger partial charge in [0.05, 0.1) is 18.1 Å². The maximum Gasteiger partial charge on any atom is 0.253 e. The highest BCUT2D eigenvalue weighted by atomic mass is 35.5. The third kappa shape index (κ3) is 3.72. The van der Waals surface area contributed by atoms with Gasteiger partial charge in [0.2, 0.25) is 0 Å². The summed E-state index contributed by atoms with van der Waals surface area (Å²) in [5.41, 5.74) is 0.800. The molecule has 3 aromatic rings. The van der Waals surface area contributed by atoms with Crippen molar-refractivity contribution in [1.82, 2.24) is 5.01 Å². The summed E-state index contributed by atoms with van der Waals surface area (Å²) >= 11 is 9.11. The quantitative estimate of drug-likeness (QED) is 0.532. The zero-order valence-electron chi connectivity index (χ0n) is 13.7. The summed E-state index contributed by atoms with van der Waals surface area (Å²) in [6.45, 7) is 0. The molecule has 0 fully saturated rings. The average Bonchev–Trinajstić information content (AvgIpc) is 3.40. The Bertz CT molecular complexity index is 923. The first-order valence-corrected chi connectivity index (χ1v) is 10.3. The number of thioether (sulfide) groups is 1. The fourth-order valence-electron chi connectivity index (χ4n) is 2.80. The SMILES string of the molecule is O=C(CSc1cccc(Cl)c1)N1N=C(c2ccco2)CC1c1cccs1. The molecule has 0 aliphatic carbocycles. The van der Waals surface area contributed by atoms with Gasteiger partial charge >= 0.3 is 0 Å². The maximum absolute atomic E-state index is 12.9. The first-order valence-electron chi connectivity index (χ1n) is 8.06. The van der Waals surface area contributed by atoms with Gasteiger partial charge in [0, 0.05) is 21.2 Å². The third-order valence-corrected chi connectivity index (χ3v) is 6.19. The van der Waals surface area contributed by atoms with Crippen molar-refractivity contribution in [3.63, 3.8) is 0 Å². The molecule has 4 rings (SSSR count). The van der Waals surface area contributed by atoms with Crippen LogP contribution in [0.1, 0.15) is 23.1 Å². The Morgan fingerprint density at radius 2 is 2.23 bits per heavy atom. The number of amides is 1. The van der Waals surface area contributed by atoms with E-state index < -0.39 is 0 Å². The van der Waals surface area contributed by atoms with Gasteiger partial charge in [-0.2, -0.15) is 5.10 Å². The highest BCUT2D eigenvalue weighted by Gasteiger charge is 2.34. The van der Waals surface area contributed by atoms with Crippen LogP contribution in [-0.4, -0.2) is 22.4 Å². The lowest BCUT2D eigenvalue weighted by molar-refractivity contribution is -0.130. The van der Waals surface area contributed by atoms with Gasteiger partial charge in [-0.25, -0.2) is 5.01 Å². The third-order valence-electron chi connectivity index (χ3n) is 4.00. The molecule has 132 valence electrons. The number of carbonyl (C=O) groups excluding carboxylic acids is 1. The van der Waals surface area contributed by atoms with Crippen molar-refractivity contribution in [3.8, 4) is 0 Å². The second kappa shape index (κ2) is 7.70. The summed E-state index contributed by atoms with van der Waals surface area (Å²) in [7, 11) is 0. The van der Waals surface area contributed by atoms with Gasteiger partial charge in [-0.3, -0.25) is 4.79 Å². The molecule has 4 nitrogen and oxygen atoms in total. The molecule has 0 bridgehead atoms. The van der Waals surface area contributed by atoms with E-state index >= 15 is 0 Å². The van der Waals surface area contributed by atoms with Crippen LogP contribution in [0.4, 0.5) is 0 Å². The Kier molecular flexibility index (Phi) is 5.15. The van der Waals surface area contributed by atoms with Crippen LogP contribution >= 0.6 is 34.7 Å². The van der Waals surface area contributed by atoms with Crippen LogP contribution in [0.5, 0.6) is 0 Å². The molecule has 1 aliphatic rings. The summed E-state index contributed by atoms with van der Waals surface area (Å²) < 4.78 is 5.47. The van der Waals surface area contributed by atoms with Crippen molar-refractivity contribution in [1.29, 1.82) is 0 Å². The van der Waals surface area contributed by atoms with Gasteiger partial charge in [-0.05, 0) is 41.8 Å². The van der Waals surface area contributed by atoms with Crippen molar-refractivity contribution >= 4 is 46.3 Å². The predicted molar refractivity (Wildman–Crippen MR) is 106 cm³/mol. The largest absolute Gasteiger partial charge is 0.463 e. The Balaban J connectivity index is 1.53. The molecule has 1 aliphatic heterocycles. The highest BCUT2D eigenvalue weighted by molar-refractivity contribution is 8.00. The first kappa shape index (κ1) is 17.4. The number of nitrogens with zero attached hydrogens (tertiary/aromatic N) is 2. The first-order chi connectivity index (χ1) is 12.7. The van der Waals surface area contributed by atoms with Crippen LogP contribution in [0.2, 0.25) is 5.02 Å². The second-order valence-electron chi connectivity index (χ2n) is 5.74. The van der Waals surface area contributed by atoms with E-state index in [0.29, 0.717) is 23.0 Å². The van der Waals surface area contributed by atoms with E-state index in [2.05, 4.69) is 5.10 Å². The van der Waals surface area contributed by atoms with Crippen molar-refractivity contribution in [2.45, 2.75) is 17.4 Å². The molecular weight excluding hydrogens is 388 g/mol. The van der Waals surface area contributed by atoms with E-state index in [-0.39, 0.29) is 11.9 Å². The van der Waals surface area contributed by atoms with Gasteiger partial charge in [-0.15, -0.1) is 23.1 Å².